The second kappa shape index (κ2) is 7.46. The lowest BCUT2D eigenvalue weighted by Crippen LogP contribution is -2.31. The molecular formula is C17H22N4OS. The molecular weight excluding hydrogens is 308 g/mol. The van der Waals surface area contributed by atoms with Gasteiger partial charge in [-0.25, -0.2) is 9.78 Å². The topological polar surface area (TPSA) is 48.5 Å². The van der Waals surface area contributed by atoms with Gasteiger partial charge in [-0.1, -0.05) is 12.1 Å². The minimum atomic E-state index is -0.139. The van der Waals surface area contributed by atoms with Crippen molar-refractivity contribution >= 4 is 28.2 Å². The molecule has 0 bridgehead atoms. The number of urea groups is 1. The number of amides is 2. The van der Waals surface area contributed by atoms with Crippen molar-refractivity contribution in [3.63, 3.8) is 0 Å². The second-order valence-corrected chi connectivity index (χ2v) is 6.73. The van der Waals surface area contributed by atoms with Crippen LogP contribution in [0.1, 0.15) is 24.8 Å². The molecule has 0 radical (unpaired) electrons. The van der Waals surface area contributed by atoms with E-state index in [1.165, 1.54) is 36.3 Å². The molecule has 3 rings (SSSR count). The largest absolute Gasteiger partial charge is 0.372 e. The van der Waals surface area contributed by atoms with Gasteiger partial charge in [-0.15, -0.1) is 11.3 Å². The van der Waals surface area contributed by atoms with Gasteiger partial charge >= 0.3 is 6.03 Å². The van der Waals surface area contributed by atoms with Crippen molar-refractivity contribution < 1.29 is 4.79 Å². The Hall–Kier alpha value is -2.08. The quantitative estimate of drug-likeness (QED) is 0.927. The Balaban J connectivity index is 1.55. The predicted molar refractivity (Wildman–Crippen MR) is 95.1 cm³/mol. The second-order valence-electron chi connectivity index (χ2n) is 5.84. The lowest BCUT2D eigenvalue weighted by Gasteiger charge is -2.29. The molecule has 2 amide bonds. The zero-order valence-corrected chi connectivity index (χ0v) is 14.2. The minimum absolute atomic E-state index is 0.139. The Bertz CT molecular complexity index is 621. The van der Waals surface area contributed by atoms with Crippen LogP contribution in [0.5, 0.6) is 0 Å². The molecule has 0 aliphatic carbocycles. The van der Waals surface area contributed by atoms with Gasteiger partial charge in [0.1, 0.15) is 0 Å². The molecule has 0 spiro atoms. The predicted octanol–water partition coefficient (Wildman–Crippen LogP) is 3.80. The maximum Gasteiger partial charge on any atom is 0.323 e. The Morgan fingerprint density at radius 1 is 1.26 bits per heavy atom. The number of thiazole rings is 1. The van der Waals surface area contributed by atoms with Gasteiger partial charge in [-0.2, -0.15) is 0 Å². The summed E-state index contributed by atoms with van der Waals surface area (Å²) in [6, 6.07) is 8.40. The number of carbonyl (C=O) groups excluding carboxylic acids is 1. The number of rotatable bonds is 4. The van der Waals surface area contributed by atoms with Gasteiger partial charge in [-0.05, 0) is 37.0 Å². The summed E-state index contributed by atoms with van der Waals surface area (Å²) < 4.78 is 0. The summed E-state index contributed by atoms with van der Waals surface area (Å²) in [5, 5.41) is 5.26. The summed E-state index contributed by atoms with van der Waals surface area (Å²) in [5.74, 6) is 0. The van der Waals surface area contributed by atoms with Gasteiger partial charge in [0.15, 0.2) is 5.13 Å². The van der Waals surface area contributed by atoms with Crippen LogP contribution in [-0.4, -0.2) is 36.1 Å². The van der Waals surface area contributed by atoms with Crippen LogP contribution in [0.25, 0.3) is 0 Å². The average Bonchev–Trinajstić information content (AvgIpc) is 3.09. The van der Waals surface area contributed by atoms with Crippen molar-refractivity contribution in [1.82, 2.24) is 9.88 Å². The molecule has 0 unspecified atom stereocenters. The van der Waals surface area contributed by atoms with Crippen molar-refractivity contribution in [3.8, 4) is 0 Å². The number of aromatic nitrogens is 1. The smallest absolute Gasteiger partial charge is 0.323 e. The highest BCUT2D eigenvalue weighted by Crippen LogP contribution is 2.20. The van der Waals surface area contributed by atoms with E-state index in [1.807, 2.05) is 5.38 Å². The highest BCUT2D eigenvalue weighted by Gasteiger charge is 2.12. The van der Waals surface area contributed by atoms with E-state index in [0.717, 1.165) is 18.7 Å². The molecule has 6 heteroatoms. The SMILES string of the molecule is CN(Cc1ccc(N2CCCCC2)cc1)C(=O)Nc1nccs1. The van der Waals surface area contributed by atoms with E-state index in [9.17, 15) is 4.79 Å². The molecule has 2 heterocycles. The molecule has 1 aromatic heterocycles. The fourth-order valence-electron chi connectivity index (χ4n) is 2.78. The third-order valence-electron chi connectivity index (χ3n) is 4.07. The number of piperidine rings is 1. The van der Waals surface area contributed by atoms with Crippen molar-refractivity contribution in [2.75, 3.05) is 30.4 Å². The third kappa shape index (κ3) is 4.22. The number of carbonyl (C=O) groups is 1. The summed E-state index contributed by atoms with van der Waals surface area (Å²) in [4.78, 5) is 20.3. The lowest BCUT2D eigenvalue weighted by molar-refractivity contribution is 0.220. The summed E-state index contributed by atoms with van der Waals surface area (Å²) in [6.07, 6.45) is 5.58. The summed E-state index contributed by atoms with van der Waals surface area (Å²) >= 11 is 1.42. The van der Waals surface area contributed by atoms with Gasteiger partial charge in [-0.3, -0.25) is 5.32 Å². The standard InChI is InChI=1S/C17H22N4OS/c1-20(17(22)19-16-18-9-12-23-16)13-14-5-7-15(8-6-14)21-10-3-2-4-11-21/h5-9,12H,2-4,10-11,13H2,1H3,(H,18,19,22). The minimum Gasteiger partial charge on any atom is -0.372 e. The summed E-state index contributed by atoms with van der Waals surface area (Å²) in [7, 11) is 1.79. The van der Waals surface area contributed by atoms with E-state index in [1.54, 1.807) is 18.1 Å². The number of nitrogens with one attached hydrogen (secondary N) is 1. The number of hydrogen-bond acceptors (Lipinski definition) is 4. The van der Waals surface area contributed by atoms with Crippen LogP contribution in [0, 0.1) is 0 Å². The molecule has 122 valence electrons. The first kappa shape index (κ1) is 15.8. The van der Waals surface area contributed by atoms with Gasteiger partial charge in [0.05, 0.1) is 0 Å². The van der Waals surface area contributed by atoms with Gasteiger partial charge < -0.3 is 9.80 Å². The molecule has 0 saturated carbocycles. The summed E-state index contributed by atoms with van der Waals surface area (Å²) in [6.45, 7) is 2.88. The molecule has 1 fully saturated rings. The highest BCUT2D eigenvalue weighted by atomic mass is 32.1. The zero-order chi connectivity index (χ0) is 16.1. The molecule has 1 aliphatic rings. The summed E-state index contributed by atoms with van der Waals surface area (Å²) in [5.41, 5.74) is 2.41. The first-order chi connectivity index (χ1) is 11.2. The van der Waals surface area contributed by atoms with E-state index in [0.29, 0.717) is 11.7 Å². The Morgan fingerprint density at radius 2 is 2.00 bits per heavy atom. The number of anilines is 2. The lowest BCUT2D eigenvalue weighted by atomic mass is 10.1. The molecule has 0 atom stereocenters. The van der Waals surface area contributed by atoms with Gasteiger partial charge in [0, 0.05) is 43.9 Å². The van der Waals surface area contributed by atoms with Crippen molar-refractivity contribution in [2.45, 2.75) is 25.8 Å². The maximum atomic E-state index is 12.1. The van der Waals surface area contributed by atoms with Crippen molar-refractivity contribution in [3.05, 3.63) is 41.4 Å². The van der Waals surface area contributed by atoms with E-state index < -0.39 is 0 Å². The van der Waals surface area contributed by atoms with E-state index in [-0.39, 0.29) is 6.03 Å². The Kier molecular flexibility index (Phi) is 5.12. The van der Waals surface area contributed by atoms with Crippen LogP contribution in [0.4, 0.5) is 15.6 Å². The van der Waals surface area contributed by atoms with E-state index >= 15 is 0 Å². The number of hydrogen-bond donors (Lipinski definition) is 1. The van der Waals surface area contributed by atoms with Crippen LogP contribution in [0.2, 0.25) is 0 Å². The van der Waals surface area contributed by atoms with Crippen LogP contribution >= 0.6 is 11.3 Å². The van der Waals surface area contributed by atoms with Crippen LogP contribution in [0.15, 0.2) is 35.8 Å². The number of nitrogens with zero attached hydrogens (tertiary/aromatic N) is 3. The molecule has 1 saturated heterocycles. The fourth-order valence-corrected chi connectivity index (χ4v) is 3.30. The van der Waals surface area contributed by atoms with Gasteiger partial charge in [0.2, 0.25) is 0 Å². The number of benzene rings is 1. The normalized spacial score (nSPS) is 14.6. The molecule has 1 aliphatic heterocycles. The molecule has 1 N–H and O–H groups in total. The molecule has 1 aromatic carbocycles. The highest BCUT2D eigenvalue weighted by molar-refractivity contribution is 7.13. The molecule has 2 aromatic rings. The van der Waals surface area contributed by atoms with Crippen LogP contribution < -0.4 is 10.2 Å². The van der Waals surface area contributed by atoms with Crippen molar-refractivity contribution in [1.29, 1.82) is 0 Å². The third-order valence-corrected chi connectivity index (χ3v) is 4.76. The average molecular weight is 330 g/mol. The fraction of sp³-hybridized carbons (Fsp3) is 0.412. The van der Waals surface area contributed by atoms with E-state index in [4.69, 9.17) is 0 Å². The zero-order valence-electron chi connectivity index (χ0n) is 13.4. The van der Waals surface area contributed by atoms with Gasteiger partial charge in [0.25, 0.3) is 0 Å². The Morgan fingerprint density at radius 3 is 2.65 bits per heavy atom. The molecule has 23 heavy (non-hydrogen) atoms. The van der Waals surface area contributed by atoms with Crippen LogP contribution in [0.3, 0.4) is 0 Å². The van der Waals surface area contributed by atoms with Crippen LogP contribution in [-0.2, 0) is 6.54 Å². The molecule has 5 nitrogen and oxygen atoms in total. The first-order valence-electron chi connectivity index (χ1n) is 7.98. The first-order valence-corrected chi connectivity index (χ1v) is 8.86. The Labute approximate surface area is 140 Å². The van der Waals surface area contributed by atoms with Crippen molar-refractivity contribution in [2.24, 2.45) is 0 Å². The van der Waals surface area contributed by atoms with E-state index in [2.05, 4.69) is 39.5 Å². The monoisotopic (exact) mass is 330 g/mol. The maximum absolute atomic E-state index is 12.1.